The predicted molar refractivity (Wildman–Crippen MR) is 65.1 cm³/mol. The molecule has 5 heteroatoms. The number of nitriles is 1. The van der Waals surface area contributed by atoms with Gasteiger partial charge >= 0.3 is 0 Å². The lowest BCUT2D eigenvalue weighted by Gasteiger charge is -2.04. The first-order chi connectivity index (χ1) is 7.61. The lowest BCUT2D eigenvalue weighted by Crippen LogP contribution is -1.99. The maximum Gasteiger partial charge on any atom is 0.148 e. The summed E-state index contributed by atoms with van der Waals surface area (Å²) in [4.78, 5) is 0. The van der Waals surface area contributed by atoms with Crippen LogP contribution in [0.2, 0.25) is 0 Å². The van der Waals surface area contributed by atoms with Gasteiger partial charge in [-0.1, -0.05) is 15.9 Å². The van der Waals surface area contributed by atoms with Gasteiger partial charge in [0, 0.05) is 16.2 Å². The van der Waals surface area contributed by atoms with Gasteiger partial charge in [-0.3, -0.25) is 0 Å². The Bertz CT molecular complexity index is 561. The predicted octanol–water partition coefficient (Wildman–Crippen LogP) is 2.40. The lowest BCUT2D eigenvalue weighted by atomic mass is 10.2. The Balaban J connectivity index is 2.63. The summed E-state index contributed by atoms with van der Waals surface area (Å²) in [6.45, 7) is 1.88. The Morgan fingerprint density at radius 1 is 1.50 bits per heavy atom. The molecule has 16 heavy (non-hydrogen) atoms. The number of benzene rings is 1. The summed E-state index contributed by atoms with van der Waals surface area (Å²) in [7, 11) is 0. The zero-order valence-corrected chi connectivity index (χ0v) is 10.2. The van der Waals surface area contributed by atoms with Gasteiger partial charge in [0.25, 0.3) is 0 Å². The molecule has 2 aromatic rings. The van der Waals surface area contributed by atoms with Gasteiger partial charge in [0.2, 0.25) is 0 Å². The summed E-state index contributed by atoms with van der Waals surface area (Å²) >= 11 is 3.37. The van der Waals surface area contributed by atoms with Crippen LogP contribution in [0.15, 0.2) is 28.9 Å². The molecular weight excluding hydrogens is 268 g/mol. The van der Waals surface area contributed by atoms with Crippen LogP contribution in [0.4, 0.5) is 5.82 Å². The third-order valence-corrected chi connectivity index (χ3v) is 2.76. The minimum absolute atomic E-state index is 0.476. The number of nitrogen functional groups attached to an aromatic ring is 1. The highest BCUT2D eigenvalue weighted by Crippen LogP contribution is 2.21. The first-order valence-electron chi connectivity index (χ1n) is 4.63. The molecule has 0 amide bonds. The summed E-state index contributed by atoms with van der Waals surface area (Å²) in [5.41, 5.74) is 7.85. The van der Waals surface area contributed by atoms with Gasteiger partial charge < -0.3 is 5.73 Å². The molecule has 4 nitrogen and oxygen atoms in total. The number of anilines is 1. The lowest BCUT2D eigenvalue weighted by molar-refractivity contribution is 0.881. The summed E-state index contributed by atoms with van der Waals surface area (Å²) in [6, 6.07) is 7.53. The molecule has 0 atom stereocenters. The van der Waals surface area contributed by atoms with E-state index in [1.165, 1.54) is 0 Å². The standard InChI is InChI=1S/C11H9BrN4/c1-7-6-16(15-11(7)14)10-4-9(12)3-2-8(10)5-13/h2-4,6H,1H3,(H2,14,15). The van der Waals surface area contributed by atoms with E-state index in [1.807, 2.05) is 19.1 Å². The zero-order valence-electron chi connectivity index (χ0n) is 8.61. The van der Waals surface area contributed by atoms with Crippen LogP contribution in [-0.2, 0) is 0 Å². The summed E-state index contributed by atoms with van der Waals surface area (Å²) < 4.78 is 2.52. The van der Waals surface area contributed by atoms with Crippen LogP contribution >= 0.6 is 15.9 Å². The van der Waals surface area contributed by atoms with Gasteiger partial charge in [-0.15, -0.1) is 0 Å². The molecule has 2 N–H and O–H groups in total. The maximum atomic E-state index is 9.01. The van der Waals surface area contributed by atoms with Crippen LogP contribution < -0.4 is 5.73 Å². The van der Waals surface area contributed by atoms with E-state index in [0.717, 1.165) is 15.7 Å². The number of nitrogens with zero attached hydrogens (tertiary/aromatic N) is 3. The molecule has 0 aliphatic heterocycles. The normalized spacial score (nSPS) is 10.1. The molecule has 0 unspecified atom stereocenters. The van der Waals surface area contributed by atoms with Crippen molar-refractivity contribution in [1.82, 2.24) is 9.78 Å². The molecule has 0 spiro atoms. The molecule has 0 fully saturated rings. The van der Waals surface area contributed by atoms with E-state index in [0.29, 0.717) is 11.4 Å². The molecule has 0 aliphatic rings. The van der Waals surface area contributed by atoms with Crippen molar-refractivity contribution in [3.8, 4) is 11.8 Å². The Morgan fingerprint density at radius 2 is 2.25 bits per heavy atom. The summed E-state index contributed by atoms with van der Waals surface area (Å²) in [5, 5.41) is 13.2. The maximum absolute atomic E-state index is 9.01. The number of hydrogen-bond donors (Lipinski definition) is 1. The van der Waals surface area contributed by atoms with E-state index in [9.17, 15) is 0 Å². The van der Waals surface area contributed by atoms with Crippen LogP contribution in [0, 0.1) is 18.3 Å². The highest BCUT2D eigenvalue weighted by Gasteiger charge is 2.08. The van der Waals surface area contributed by atoms with Crippen molar-refractivity contribution in [3.63, 3.8) is 0 Å². The van der Waals surface area contributed by atoms with Crippen molar-refractivity contribution in [1.29, 1.82) is 5.26 Å². The van der Waals surface area contributed by atoms with E-state index in [-0.39, 0.29) is 0 Å². The number of rotatable bonds is 1. The third-order valence-electron chi connectivity index (χ3n) is 2.26. The molecule has 1 aromatic heterocycles. The van der Waals surface area contributed by atoms with E-state index >= 15 is 0 Å². The van der Waals surface area contributed by atoms with Gasteiger partial charge in [0.15, 0.2) is 0 Å². The second-order valence-electron chi connectivity index (χ2n) is 3.42. The van der Waals surface area contributed by atoms with Crippen LogP contribution in [0.25, 0.3) is 5.69 Å². The van der Waals surface area contributed by atoms with Crippen molar-refractivity contribution in [2.45, 2.75) is 6.92 Å². The van der Waals surface area contributed by atoms with Crippen LogP contribution in [0.3, 0.4) is 0 Å². The van der Waals surface area contributed by atoms with Crippen LogP contribution in [0.5, 0.6) is 0 Å². The van der Waals surface area contributed by atoms with E-state index in [1.54, 1.807) is 16.9 Å². The van der Waals surface area contributed by atoms with E-state index in [4.69, 9.17) is 11.0 Å². The molecular formula is C11H9BrN4. The molecule has 0 aliphatic carbocycles. The van der Waals surface area contributed by atoms with Gasteiger partial charge in [-0.25, -0.2) is 4.68 Å². The van der Waals surface area contributed by atoms with E-state index < -0.39 is 0 Å². The number of nitrogens with two attached hydrogens (primary N) is 1. The average Bonchev–Trinajstić information content (AvgIpc) is 2.59. The second-order valence-corrected chi connectivity index (χ2v) is 4.33. The number of halogens is 1. The van der Waals surface area contributed by atoms with Crippen molar-refractivity contribution >= 4 is 21.7 Å². The fraction of sp³-hybridized carbons (Fsp3) is 0.0909. The molecule has 80 valence electrons. The first-order valence-corrected chi connectivity index (χ1v) is 5.43. The SMILES string of the molecule is Cc1cn(-c2cc(Br)ccc2C#N)nc1N. The quantitative estimate of drug-likeness (QED) is 0.870. The molecule has 1 heterocycles. The number of hydrogen-bond acceptors (Lipinski definition) is 3. The minimum atomic E-state index is 0.476. The van der Waals surface area contributed by atoms with Gasteiger partial charge in [-0.2, -0.15) is 10.4 Å². The van der Waals surface area contributed by atoms with Gasteiger partial charge in [0.1, 0.15) is 11.9 Å². The molecule has 2 rings (SSSR count). The second kappa shape index (κ2) is 3.99. The van der Waals surface area contributed by atoms with Crippen molar-refractivity contribution in [3.05, 3.63) is 40.0 Å². The van der Waals surface area contributed by atoms with Crippen molar-refractivity contribution < 1.29 is 0 Å². The van der Waals surface area contributed by atoms with E-state index in [2.05, 4.69) is 27.1 Å². The van der Waals surface area contributed by atoms with Crippen LogP contribution in [0.1, 0.15) is 11.1 Å². The average molecular weight is 277 g/mol. The summed E-state index contributed by atoms with van der Waals surface area (Å²) in [5.74, 6) is 0.476. The zero-order chi connectivity index (χ0) is 11.7. The smallest absolute Gasteiger partial charge is 0.148 e. The fourth-order valence-corrected chi connectivity index (χ4v) is 1.73. The molecule has 0 radical (unpaired) electrons. The topological polar surface area (TPSA) is 67.6 Å². The number of aryl methyl sites for hydroxylation is 1. The first kappa shape index (κ1) is 10.7. The Hall–Kier alpha value is -1.80. The molecule has 1 aromatic carbocycles. The fourth-order valence-electron chi connectivity index (χ4n) is 1.39. The van der Waals surface area contributed by atoms with Gasteiger partial charge in [0.05, 0.1) is 11.3 Å². The Labute approximate surface area is 101 Å². The summed E-state index contributed by atoms with van der Waals surface area (Å²) in [6.07, 6.45) is 1.80. The molecule has 0 bridgehead atoms. The Morgan fingerprint density at radius 3 is 2.81 bits per heavy atom. The van der Waals surface area contributed by atoms with Gasteiger partial charge in [-0.05, 0) is 25.1 Å². The number of aromatic nitrogens is 2. The third kappa shape index (κ3) is 1.79. The molecule has 0 saturated heterocycles. The largest absolute Gasteiger partial charge is 0.382 e. The Kier molecular flexibility index (Phi) is 2.67. The monoisotopic (exact) mass is 276 g/mol. The van der Waals surface area contributed by atoms with Crippen LogP contribution in [-0.4, -0.2) is 9.78 Å². The van der Waals surface area contributed by atoms with Crippen molar-refractivity contribution in [2.75, 3.05) is 5.73 Å². The minimum Gasteiger partial charge on any atom is -0.382 e. The highest BCUT2D eigenvalue weighted by molar-refractivity contribution is 9.10. The molecule has 0 saturated carbocycles. The van der Waals surface area contributed by atoms with Crippen molar-refractivity contribution in [2.24, 2.45) is 0 Å². The highest BCUT2D eigenvalue weighted by atomic mass is 79.9.